The van der Waals surface area contributed by atoms with Crippen molar-refractivity contribution in [2.45, 2.75) is 6.10 Å². The van der Waals surface area contributed by atoms with Gasteiger partial charge in [0.2, 0.25) is 0 Å². The Morgan fingerprint density at radius 2 is 1.27 bits per heavy atom. The number of aliphatic hydroxyl groups is 1. The number of nitrogens with zero attached hydrogens (tertiary/aromatic N) is 4. The molecule has 1 fully saturated rings. The molecule has 30 heavy (non-hydrogen) atoms. The molecule has 0 aromatic carbocycles. The van der Waals surface area contributed by atoms with Crippen LogP contribution in [0.5, 0.6) is 0 Å². The maximum Gasteiger partial charge on any atom is 0.317 e. The first-order valence-corrected chi connectivity index (χ1v) is 11.0. The van der Waals surface area contributed by atoms with Gasteiger partial charge in [0.1, 0.15) is 6.73 Å². The molecule has 1 aliphatic heterocycles. The van der Waals surface area contributed by atoms with Crippen LogP contribution in [0.1, 0.15) is 0 Å². The molecular weight excluding hydrogens is 421 g/mol. The lowest BCUT2D eigenvalue weighted by atomic mass is 10.3. The van der Waals surface area contributed by atoms with Gasteiger partial charge in [-0.3, -0.25) is 38.3 Å². The minimum Gasteiger partial charge on any atom is -0.480 e. The van der Waals surface area contributed by atoms with E-state index >= 15 is 0 Å². The Labute approximate surface area is 176 Å². The topological polar surface area (TPSA) is 180 Å². The van der Waals surface area contributed by atoms with Crippen LogP contribution in [0.3, 0.4) is 0 Å². The third kappa shape index (κ3) is 12.5. The summed E-state index contributed by atoms with van der Waals surface area (Å²) >= 11 is 0. The molecule has 0 aromatic rings. The van der Waals surface area contributed by atoms with Crippen molar-refractivity contribution in [2.24, 2.45) is 5.73 Å². The summed E-state index contributed by atoms with van der Waals surface area (Å²) in [7, 11) is -3.10. The van der Waals surface area contributed by atoms with Gasteiger partial charge in [-0.25, -0.2) is 0 Å². The van der Waals surface area contributed by atoms with E-state index in [9.17, 15) is 19.3 Å². The van der Waals surface area contributed by atoms with E-state index in [2.05, 4.69) is 0 Å². The van der Waals surface area contributed by atoms with Gasteiger partial charge in [0.25, 0.3) is 0 Å². The molecule has 6 N–H and O–H groups in total. The largest absolute Gasteiger partial charge is 0.480 e. The Morgan fingerprint density at radius 1 is 0.867 bits per heavy atom. The third-order valence-corrected chi connectivity index (χ3v) is 5.14. The number of carbonyl (C=O) groups is 2. The highest BCUT2D eigenvalue weighted by molar-refractivity contribution is 7.32. The van der Waals surface area contributed by atoms with Crippen LogP contribution >= 0.6 is 8.25 Å². The van der Waals surface area contributed by atoms with E-state index in [4.69, 9.17) is 25.4 Å². The fraction of sp³-hybridized carbons (Fsp3) is 0.875. The zero-order valence-corrected chi connectivity index (χ0v) is 18.1. The van der Waals surface area contributed by atoms with Crippen molar-refractivity contribution in [3.8, 4) is 0 Å². The van der Waals surface area contributed by atoms with Gasteiger partial charge in [0, 0.05) is 65.4 Å². The highest BCUT2D eigenvalue weighted by Gasteiger charge is 2.20. The van der Waals surface area contributed by atoms with Gasteiger partial charge >= 0.3 is 20.2 Å². The first kappa shape index (κ1) is 26.9. The van der Waals surface area contributed by atoms with E-state index in [0.717, 1.165) is 0 Å². The molecule has 2 atom stereocenters. The summed E-state index contributed by atoms with van der Waals surface area (Å²) in [5.74, 6) is -1.96. The molecule has 176 valence electrons. The van der Waals surface area contributed by atoms with E-state index in [1.807, 2.05) is 4.90 Å². The number of rotatable bonds is 10. The second-order valence-corrected chi connectivity index (χ2v) is 8.01. The maximum absolute atomic E-state index is 11.2. The van der Waals surface area contributed by atoms with Crippen molar-refractivity contribution in [1.82, 2.24) is 19.6 Å². The van der Waals surface area contributed by atoms with Gasteiger partial charge in [-0.05, 0) is 0 Å². The van der Waals surface area contributed by atoms with Crippen LogP contribution in [0.25, 0.3) is 0 Å². The normalized spacial score (nSPS) is 21.4. The Hall–Kier alpha value is -1.15. The SMILES string of the molecule is NCC(O)CN1CCN(CO[PH](=O)O)CCN(CC(=O)O)CCN(CC(=O)O)CC1. The van der Waals surface area contributed by atoms with Crippen molar-refractivity contribution in [2.75, 3.05) is 85.3 Å². The van der Waals surface area contributed by atoms with Crippen LogP contribution < -0.4 is 5.73 Å². The number of hydrogen-bond donors (Lipinski definition) is 5. The minimum absolute atomic E-state index is 0.0758. The van der Waals surface area contributed by atoms with Crippen molar-refractivity contribution < 1.29 is 38.9 Å². The minimum atomic E-state index is -3.10. The molecule has 0 aliphatic carbocycles. The molecular formula is C16H34N5O8P. The predicted molar refractivity (Wildman–Crippen MR) is 108 cm³/mol. The van der Waals surface area contributed by atoms with Gasteiger partial charge in [0.15, 0.2) is 0 Å². The maximum atomic E-state index is 11.2. The zero-order valence-electron chi connectivity index (χ0n) is 17.1. The molecule has 1 rings (SSSR count). The molecule has 0 amide bonds. The first-order chi connectivity index (χ1) is 14.2. The number of hydrogen-bond acceptors (Lipinski definition) is 10. The molecule has 13 nitrogen and oxygen atoms in total. The summed E-state index contributed by atoms with van der Waals surface area (Å²) in [5.41, 5.74) is 5.51. The van der Waals surface area contributed by atoms with E-state index < -0.39 is 26.3 Å². The molecule has 1 saturated heterocycles. The van der Waals surface area contributed by atoms with Crippen LogP contribution in [-0.2, 0) is 18.7 Å². The first-order valence-electron chi connectivity index (χ1n) is 9.76. The summed E-state index contributed by atoms with van der Waals surface area (Å²) < 4.78 is 15.8. The monoisotopic (exact) mass is 455 g/mol. The van der Waals surface area contributed by atoms with E-state index in [1.165, 1.54) is 0 Å². The lowest BCUT2D eigenvalue weighted by Gasteiger charge is -2.33. The summed E-state index contributed by atoms with van der Waals surface area (Å²) in [6.45, 7) is 3.31. The average Bonchev–Trinajstić information content (AvgIpc) is 2.66. The van der Waals surface area contributed by atoms with Crippen molar-refractivity contribution in [3.05, 3.63) is 0 Å². The summed E-state index contributed by atoms with van der Waals surface area (Å²) in [6.07, 6.45) is -0.726. The highest BCUT2D eigenvalue weighted by atomic mass is 31.1. The van der Waals surface area contributed by atoms with Crippen LogP contribution in [0.2, 0.25) is 0 Å². The fourth-order valence-corrected chi connectivity index (χ4v) is 3.40. The van der Waals surface area contributed by atoms with Crippen LogP contribution in [0, 0.1) is 0 Å². The van der Waals surface area contributed by atoms with Gasteiger partial charge in [-0.1, -0.05) is 0 Å². The molecule has 0 aromatic heterocycles. The molecule has 2 unspecified atom stereocenters. The third-order valence-electron chi connectivity index (χ3n) is 4.76. The summed E-state index contributed by atoms with van der Waals surface area (Å²) in [4.78, 5) is 38.5. The van der Waals surface area contributed by atoms with Crippen molar-refractivity contribution in [3.63, 3.8) is 0 Å². The number of carboxylic acids is 2. The number of β-amino-alcohol motifs (C(OH)–C–C–N with tert-alkyl or cyclic N) is 1. The zero-order chi connectivity index (χ0) is 22.5. The van der Waals surface area contributed by atoms with Crippen LogP contribution in [0.15, 0.2) is 0 Å². The molecule has 14 heteroatoms. The lowest BCUT2D eigenvalue weighted by molar-refractivity contribution is -0.140. The van der Waals surface area contributed by atoms with Crippen LogP contribution in [-0.4, -0.2) is 143 Å². The van der Waals surface area contributed by atoms with E-state index in [-0.39, 0.29) is 26.4 Å². The quantitative estimate of drug-likeness (QED) is 0.211. The molecule has 0 saturated carbocycles. The molecule has 0 radical (unpaired) electrons. The number of aliphatic hydroxyl groups excluding tert-OH is 1. The lowest BCUT2D eigenvalue weighted by Crippen LogP contribution is -2.49. The molecule has 0 spiro atoms. The van der Waals surface area contributed by atoms with Crippen molar-refractivity contribution >= 4 is 20.2 Å². The molecule has 1 aliphatic rings. The van der Waals surface area contributed by atoms with Gasteiger partial charge in [-0.15, -0.1) is 0 Å². The Kier molecular flexibility index (Phi) is 13.3. The molecule has 0 bridgehead atoms. The van der Waals surface area contributed by atoms with Crippen molar-refractivity contribution in [1.29, 1.82) is 0 Å². The smallest absolute Gasteiger partial charge is 0.317 e. The predicted octanol–water partition coefficient (Wildman–Crippen LogP) is -2.95. The van der Waals surface area contributed by atoms with Gasteiger partial charge in [-0.2, -0.15) is 0 Å². The van der Waals surface area contributed by atoms with E-state index in [1.54, 1.807) is 14.7 Å². The Bertz CT molecular complexity index is 558. The van der Waals surface area contributed by atoms with E-state index in [0.29, 0.717) is 58.9 Å². The average molecular weight is 455 g/mol. The summed E-state index contributed by atoms with van der Waals surface area (Å²) in [5, 5.41) is 28.2. The molecule has 1 heterocycles. The Morgan fingerprint density at radius 3 is 1.63 bits per heavy atom. The number of carboxylic acid groups (broad SMARTS) is 2. The Balaban J connectivity index is 2.90. The van der Waals surface area contributed by atoms with Gasteiger partial charge < -0.3 is 25.9 Å². The second-order valence-electron chi connectivity index (χ2n) is 7.19. The standard InChI is InChI=1S/C16H34N5O8P/c17-9-14(22)10-18-1-2-19(11-15(23)24)3-4-20(12-16(25)26)6-8-21(7-5-18)13-29-30(27)28/h14,22,30H,1-13,17H2,(H,23,24)(H,25,26)(H,27,28). The fourth-order valence-electron chi connectivity index (χ4n) is 3.11. The summed E-state index contributed by atoms with van der Waals surface area (Å²) in [6, 6.07) is 0. The number of aliphatic carboxylic acids is 2. The number of nitrogens with two attached hydrogens (primary N) is 1. The van der Waals surface area contributed by atoms with Gasteiger partial charge in [0.05, 0.1) is 19.2 Å². The highest BCUT2D eigenvalue weighted by Crippen LogP contribution is 2.14. The van der Waals surface area contributed by atoms with Crippen LogP contribution in [0.4, 0.5) is 0 Å². The second kappa shape index (κ2) is 14.8.